The Morgan fingerprint density at radius 1 is 1.17 bits per heavy atom. The van der Waals surface area contributed by atoms with Crippen LogP contribution in [0.5, 0.6) is 0 Å². The van der Waals surface area contributed by atoms with E-state index in [1.165, 1.54) is 21.4 Å². The first kappa shape index (κ1) is 25.1. The third-order valence-electron chi connectivity index (χ3n) is 6.50. The molecule has 0 radical (unpaired) electrons. The Labute approximate surface area is 211 Å². The SMILES string of the molecule is CCn1c(=O)c2cc(NC(=O)[C@@H]3CCC[C@@H]3NC(=O)c3cnc(C#N)c(Cl)c3)ccc2n(CC)c1=O. The molecule has 2 amide bonds. The molecule has 1 aliphatic carbocycles. The molecule has 0 unspecified atom stereocenters. The lowest BCUT2D eigenvalue weighted by Gasteiger charge is -2.21. The second-order valence-corrected chi connectivity index (χ2v) is 8.99. The number of nitriles is 1. The molecule has 0 bridgehead atoms. The number of pyridine rings is 1. The molecule has 1 saturated carbocycles. The van der Waals surface area contributed by atoms with Crippen LogP contribution in [0, 0.1) is 17.2 Å². The van der Waals surface area contributed by atoms with Crippen molar-refractivity contribution in [2.75, 3.05) is 5.32 Å². The molecule has 0 aliphatic heterocycles. The van der Waals surface area contributed by atoms with Crippen molar-refractivity contribution in [3.63, 3.8) is 0 Å². The molecule has 1 fully saturated rings. The Hall–Kier alpha value is -3.97. The maximum Gasteiger partial charge on any atom is 0.331 e. The van der Waals surface area contributed by atoms with Crippen molar-refractivity contribution >= 4 is 40.0 Å². The molecule has 1 aromatic carbocycles. The Balaban J connectivity index is 1.54. The molecule has 2 N–H and O–H groups in total. The lowest BCUT2D eigenvalue weighted by molar-refractivity contribution is -0.120. The fourth-order valence-corrected chi connectivity index (χ4v) is 4.87. The first-order valence-corrected chi connectivity index (χ1v) is 12.1. The second kappa shape index (κ2) is 10.3. The molecule has 10 nitrogen and oxygen atoms in total. The van der Waals surface area contributed by atoms with E-state index in [2.05, 4.69) is 15.6 Å². The van der Waals surface area contributed by atoms with Crippen molar-refractivity contribution in [2.24, 2.45) is 5.92 Å². The van der Waals surface area contributed by atoms with Gasteiger partial charge in [0.15, 0.2) is 5.69 Å². The van der Waals surface area contributed by atoms with E-state index < -0.39 is 23.4 Å². The van der Waals surface area contributed by atoms with Gasteiger partial charge in [0.2, 0.25) is 5.91 Å². The number of carbonyl (C=O) groups excluding carboxylic acids is 2. The first-order chi connectivity index (χ1) is 17.3. The maximum absolute atomic E-state index is 13.1. The van der Waals surface area contributed by atoms with Gasteiger partial charge < -0.3 is 10.6 Å². The van der Waals surface area contributed by atoms with Gasteiger partial charge in [0.1, 0.15) is 6.07 Å². The van der Waals surface area contributed by atoms with Crippen LogP contribution < -0.4 is 21.9 Å². The summed E-state index contributed by atoms with van der Waals surface area (Å²) in [5, 5.41) is 15.1. The summed E-state index contributed by atoms with van der Waals surface area (Å²) in [5.74, 6) is -1.17. The number of benzene rings is 1. The number of hydrogen-bond donors (Lipinski definition) is 2. The highest BCUT2D eigenvalue weighted by Crippen LogP contribution is 2.28. The molecule has 4 rings (SSSR count). The zero-order valence-corrected chi connectivity index (χ0v) is 20.6. The summed E-state index contributed by atoms with van der Waals surface area (Å²) in [6.45, 7) is 4.21. The summed E-state index contributed by atoms with van der Waals surface area (Å²) in [6.07, 6.45) is 3.26. The number of carbonyl (C=O) groups is 2. The minimum atomic E-state index is -0.469. The van der Waals surface area contributed by atoms with E-state index in [4.69, 9.17) is 16.9 Å². The van der Waals surface area contributed by atoms with Crippen LogP contribution in [-0.4, -0.2) is 32.0 Å². The Kier molecular flexibility index (Phi) is 7.22. The number of halogens is 1. The summed E-state index contributed by atoms with van der Waals surface area (Å²) in [7, 11) is 0. The molecule has 36 heavy (non-hydrogen) atoms. The van der Waals surface area contributed by atoms with Crippen molar-refractivity contribution in [2.45, 2.75) is 52.2 Å². The highest BCUT2D eigenvalue weighted by atomic mass is 35.5. The molecule has 0 saturated heterocycles. The van der Waals surface area contributed by atoms with Crippen LogP contribution in [0.25, 0.3) is 10.9 Å². The highest BCUT2D eigenvalue weighted by Gasteiger charge is 2.34. The Bertz CT molecular complexity index is 1520. The number of hydrogen-bond acceptors (Lipinski definition) is 6. The van der Waals surface area contributed by atoms with E-state index in [1.807, 2.05) is 13.0 Å². The number of nitrogens with zero attached hydrogens (tertiary/aromatic N) is 4. The number of nitrogens with one attached hydrogen (secondary N) is 2. The molecule has 0 spiro atoms. The predicted octanol–water partition coefficient (Wildman–Crippen LogP) is 2.66. The van der Waals surface area contributed by atoms with E-state index in [0.29, 0.717) is 36.0 Å². The van der Waals surface area contributed by atoms with Gasteiger partial charge in [-0.3, -0.25) is 23.5 Å². The summed E-state index contributed by atoms with van der Waals surface area (Å²) in [5.41, 5.74) is 0.415. The highest BCUT2D eigenvalue weighted by molar-refractivity contribution is 6.31. The molecule has 2 atom stereocenters. The second-order valence-electron chi connectivity index (χ2n) is 8.58. The number of rotatable bonds is 6. The van der Waals surface area contributed by atoms with E-state index in [1.54, 1.807) is 25.1 Å². The molecule has 1 aliphatic rings. The predicted molar refractivity (Wildman–Crippen MR) is 135 cm³/mol. The van der Waals surface area contributed by atoms with Gasteiger partial charge in [-0.05, 0) is 51.0 Å². The van der Waals surface area contributed by atoms with Gasteiger partial charge in [-0.2, -0.15) is 5.26 Å². The van der Waals surface area contributed by atoms with E-state index in [0.717, 1.165) is 6.42 Å². The number of aromatic nitrogens is 3. The maximum atomic E-state index is 13.1. The Morgan fingerprint density at radius 3 is 2.58 bits per heavy atom. The van der Waals surface area contributed by atoms with Crippen LogP contribution in [-0.2, 0) is 17.9 Å². The first-order valence-electron chi connectivity index (χ1n) is 11.7. The zero-order valence-electron chi connectivity index (χ0n) is 19.9. The number of aryl methyl sites for hydroxylation is 1. The van der Waals surface area contributed by atoms with Crippen molar-refractivity contribution in [1.82, 2.24) is 19.4 Å². The lowest BCUT2D eigenvalue weighted by Crippen LogP contribution is -2.42. The summed E-state index contributed by atoms with van der Waals surface area (Å²) in [4.78, 5) is 55.2. The molecule has 3 aromatic rings. The third kappa shape index (κ3) is 4.62. The molecular weight excluding hydrogens is 484 g/mol. The van der Waals surface area contributed by atoms with Gasteiger partial charge in [-0.15, -0.1) is 0 Å². The van der Waals surface area contributed by atoms with Crippen molar-refractivity contribution in [3.8, 4) is 6.07 Å². The van der Waals surface area contributed by atoms with Crippen LogP contribution in [0.3, 0.4) is 0 Å². The molecule has 2 aromatic heterocycles. The zero-order chi connectivity index (χ0) is 26.0. The Morgan fingerprint density at radius 2 is 1.92 bits per heavy atom. The van der Waals surface area contributed by atoms with Crippen molar-refractivity contribution in [1.29, 1.82) is 5.26 Å². The fourth-order valence-electron chi connectivity index (χ4n) is 4.66. The largest absolute Gasteiger partial charge is 0.348 e. The molecule has 186 valence electrons. The van der Waals surface area contributed by atoms with Crippen molar-refractivity contribution < 1.29 is 9.59 Å². The minimum absolute atomic E-state index is 0.0309. The van der Waals surface area contributed by atoms with Gasteiger partial charge in [-0.25, -0.2) is 9.78 Å². The van der Waals surface area contributed by atoms with Crippen LogP contribution in [0.4, 0.5) is 5.69 Å². The topological polar surface area (TPSA) is 139 Å². The van der Waals surface area contributed by atoms with Gasteiger partial charge >= 0.3 is 5.69 Å². The van der Waals surface area contributed by atoms with Crippen LogP contribution in [0.2, 0.25) is 5.02 Å². The molecule has 11 heteroatoms. The normalized spacial score (nSPS) is 17.1. The van der Waals surface area contributed by atoms with E-state index >= 15 is 0 Å². The summed E-state index contributed by atoms with van der Waals surface area (Å²) in [6, 6.07) is 7.73. The average Bonchev–Trinajstić information content (AvgIpc) is 3.33. The molecular formula is C25H25ClN6O4. The van der Waals surface area contributed by atoms with Gasteiger partial charge in [-0.1, -0.05) is 18.0 Å². The number of amides is 2. The van der Waals surface area contributed by atoms with E-state index in [-0.39, 0.29) is 34.4 Å². The third-order valence-corrected chi connectivity index (χ3v) is 6.79. The smallest absolute Gasteiger partial charge is 0.331 e. The lowest BCUT2D eigenvalue weighted by atomic mass is 10.0. The fraction of sp³-hybridized carbons (Fsp3) is 0.360. The van der Waals surface area contributed by atoms with Crippen LogP contribution in [0.15, 0.2) is 40.1 Å². The minimum Gasteiger partial charge on any atom is -0.348 e. The molecule has 2 heterocycles. The van der Waals surface area contributed by atoms with Gasteiger partial charge in [0.05, 0.1) is 27.4 Å². The number of fused-ring (bicyclic) bond motifs is 1. The quantitative estimate of drug-likeness (QED) is 0.524. The van der Waals surface area contributed by atoms with E-state index in [9.17, 15) is 19.2 Å². The van der Waals surface area contributed by atoms with Crippen LogP contribution >= 0.6 is 11.6 Å². The summed E-state index contributed by atoms with van der Waals surface area (Å²) >= 11 is 5.99. The van der Waals surface area contributed by atoms with Gasteiger partial charge in [0.25, 0.3) is 11.5 Å². The van der Waals surface area contributed by atoms with Crippen LogP contribution in [0.1, 0.15) is 49.2 Å². The van der Waals surface area contributed by atoms with Crippen molar-refractivity contribution in [3.05, 3.63) is 67.6 Å². The summed E-state index contributed by atoms with van der Waals surface area (Å²) < 4.78 is 2.70. The van der Waals surface area contributed by atoms with Gasteiger partial charge in [0, 0.05) is 31.0 Å². The number of anilines is 1. The monoisotopic (exact) mass is 508 g/mol. The average molecular weight is 509 g/mol. The standard InChI is InChI=1S/C25H25ClN6O4/c1-3-31-21-9-8-15(11-17(21)24(35)32(4-2)25(31)36)29-23(34)16-6-5-7-19(16)30-22(33)14-10-18(26)20(12-27)28-13-14/h8-11,13,16,19H,3-7H2,1-2H3,(H,29,34)(H,30,33)/t16-,19+/m1/s1.